The molecule has 0 atom stereocenters. The first-order valence-electron chi connectivity index (χ1n) is 6.44. The molecule has 0 bridgehead atoms. The molecular formula is C15H20N2OSi. The van der Waals surface area contributed by atoms with E-state index < -0.39 is 8.07 Å². The van der Waals surface area contributed by atoms with Gasteiger partial charge in [-0.15, -0.1) is 0 Å². The fourth-order valence-corrected chi connectivity index (χ4v) is 3.40. The lowest BCUT2D eigenvalue weighted by molar-refractivity contribution is 0.398. The molecule has 0 fully saturated rings. The maximum Gasteiger partial charge on any atom is 0.213 e. The monoisotopic (exact) mass is 272 g/mol. The maximum atomic E-state index is 5.13. The standard InChI is InChI=1S/C15H20N2OSi/c1-18-15-7-5-6-14(17-15)13-9-8-12(10-16-13)11-19(2,3)4/h5-10H,11H2,1-4H3. The van der Waals surface area contributed by atoms with E-state index >= 15 is 0 Å². The van der Waals surface area contributed by atoms with Crippen LogP contribution in [0.1, 0.15) is 5.56 Å². The molecule has 0 saturated carbocycles. The van der Waals surface area contributed by atoms with Gasteiger partial charge in [0.15, 0.2) is 0 Å². The average molecular weight is 272 g/mol. The van der Waals surface area contributed by atoms with Crippen LogP contribution in [0.5, 0.6) is 5.88 Å². The molecule has 0 unspecified atom stereocenters. The van der Waals surface area contributed by atoms with E-state index in [1.54, 1.807) is 7.11 Å². The summed E-state index contributed by atoms with van der Waals surface area (Å²) in [5, 5.41) is 0. The van der Waals surface area contributed by atoms with Crippen molar-refractivity contribution in [2.45, 2.75) is 25.7 Å². The Labute approximate surface area is 115 Å². The average Bonchev–Trinajstić information content (AvgIpc) is 2.38. The van der Waals surface area contributed by atoms with E-state index in [1.807, 2.05) is 30.5 Å². The molecule has 0 saturated heterocycles. The Balaban J connectivity index is 2.22. The largest absolute Gasteiger partial charge is 0.481 e. The minimum absolute atomic E-state index is 0.616. The summed E-state index contributed by atoms with van der Waals surface area (Å²) in [4.78, 5) is 8.90. The summed E-state index contributed by atoms with van der Waals surface area (Å²) in [7, 11) is 0.537. The van der Waals surface area contributed by atoms with E-state index in [4.69, 9.17) is 4.74 Å². The lowest BCUT2D eigenvalue weighted by Gasteiger charge is -2.15. The van der Waals surface area contributed by atoms with Gasteiger partial charge in [-0.25, -0.2) is 4.98 Å². The van der Waals surface area contributed by atoms with Crippen molar-refractivity contribution in [3.05, 3.63) is 42.1 Å². The second-order valence-corrected chi connectivity index (χ2v) is 11.3. The zero-order chi connectivity index (χ0) is 13.9. The van der Waals surface area contributed by atoms with Crippen molar-refractivity contribution in [3.63, 3.8) is 0 Å². The van der Waals surface area contributed by atoms with Crippen molar-refractivity contribution < 1.29 is 4.74 Å². The third-order valence-corrected chi connectivity index (χ3v) is 4.22. The first-order chi connectivity index (χ1) is 8.98. The van der Waals surface area contributed by atoms with Crippen LogP contribution in [0.3, 0.4) is 0 Å². The Bertz CT molecular complexity index is 547. The second-order valence-electron chi connectivity index (χ2n) is 5.85. The summed E-state index contributed by atoms with van der Waals surface area (Å²) in [6, 6.07) is 11.1. The van der Waals surface area contributed by atoms with Crippen molar-refractivity contribution in [1.82, 2.24) is 9.97 Å². The summed E-state index contributed by atoms with van der Waals surface area (Å²) in [5.41, 5.74) is 3.04. The summed E-state index contributed by atoms with van der Waals surface area (Å²) in [6.07, 6.45) is 1.97. The van der Waals surface area contributed by atoms with Gasteiger partial charge in [-0.1, -0.05) is 31.8 Å². The van der Waals surface area contributed by atoms with Gasteiger partial charge >= 0.3 is 0 Å². The Morgan fingerprint density at radius 1 is 1.05 bits per heavy atom. The van der Waals surface area contributed by atoms with E-state index in [-0.39, 0.29) is 0 Å². The van der Waals surface area contributed by atoms with Crippen LogP contribution in [0.25, 0.3) is 11.4 Å². The number of ether oxygens (including phenoxy) is 1. The van der Waals surface area contributed by atoms with Gasteiger partial charge in [0.2, 0.25) is 5.88 Å². The summed E-state index contributed by atoms with van der Waals surface area (Å²) in [6.45, 7) is 7.10. The van der Waals surface area contributed by atoms with Gasteiger partial charge in [0.05, 0.1) is 18.5 Å². The van der Waals surface area contributed by atoms with E-state index in [0.29, 0.717) is 5.88 Å². The number of rotatable bonds is 4. The molecule has 100 valence electrons. The van der Waals surface area contributed by atoms with E-state index in [9.17, 15) is 0 Å². The molecule has 2 aromatic rings. The molecule has 0 aromatic carbocycles. The fraction of sp³-hybridized carbons (Fsp3) is 0.333. The molecule has 0 aliphatic rings. The smallest absolute Gasteiger partial charge is 0.213 e. The molecule has 19 heavy (non-hydrogen) atoms. The quantitative estimate of drug-likeness (QED) is 0.798. The lowest BCUT2D eigenvalue weighted by atomic mass is 10.2. The fourth-order valence-electron chi connectivity index (χ4n) is 1.96. The minimum Gasteiger partial charge on any atom is -0.481 e. The first-order valence-corrected chi connectivity index (χ1v) is 10.1. The topological polar surface area (TPSA) is 35.0 Å². The SMILES string of the molecule is COc1cccc(-c2ccc(C[Si](C)(C)C)cn2)n1. The van der Waals surface area contributed by atoms with Crippen LogP contribution in [-0.4, -0.2) is 25.2 Å². The zero-order valence-corrected chi connectivity index (χ0v) is 13.0. The van der Waals surface area contributed by atoms with Crippen molar-refractivity contribution in [2.24, 2.45) is 0 Å². The third-order valence-electron chi connectivity index (χ3n) is 2.75. The van der Waals surface area contributed by atoms with Crippen LogP contribution in [0.2, 0.25) is 19.6 Å². The Morgan fingerprint density at radius 3 is 2.42 bits per heavy atom. The van der Waals surface area contributed by atoms with Crippen LogP contribution in [0, 0.1) is 0 Å². The molecule has 2 heterocycles. The van der Waals surface area contributed by atoms with Gasteiger partial charge in [0, 0.05) is 20.3 Å². The number of hydrogen-bond donors (Lipinski definition) is 0. The number of hydrogen-bond acceptors (Lipinski definition) is 3. The zero-order valence-electron chi connectivity index (χ0n) is 12.0. The van der Waals surface area contributed by atoms with Crippen molar-refractivity contribution in [1.29, 1.82) is 0 Å². The molecule has 0 N–H and O–H groups in total. The number of methoxy groups -OCH3 is 1. The Kier molecular flexibility index (Phi) is 4.00. The van der Waals surface area contributed by atoms with Crippen molar-refractivity contribution >= 4 is 8.07 Å². The van der Waals surface area contributed by atoms with E-state index in [0.717, 1.165) is 17.4 Å². The highest BCUT2D eigenvalue weighted by Gasteiger charge is 2.14. The molecule has 0 aliphatic carbocycles. The molecule has 0 amide bonds. The normalized spacial score (nSPS) is 11.4. The minimum atomic E-state index is -1.09. The summed E-state index contributed by atoms with van der Waals surface area (Å²) < 4.78 is 5.13. The van der Waals surface area contributed by atoms with Gasteiger partial charge < -0.3 is 4.74 Å². The predicted molar refractivity (Wildman–Crippen MR) is 81.1 cm³/mol. The maximum absolute atomic E-state index is 5.13. The van der Waals surface area contributed by atoms with Crippen molar-refractivity contribution in [2.75, 3.05) is 7.11 Å². The highest BCUT2D eigenvalue weighted by molar-refractivity contribution is 6.75. The first kappa shape index (κ1) is 13.7. The summed E-state index contributed by atoms with van der Waals surface area (Å²) >= 11 is 0. The van der Waals surface area contributed by atoms with E-state index in [1.165, 1.54) is 5.56 Å². The molecule has 0 spiro atoms. The van der Waals surface area contributed by atoms with Gasteiger partial charge in [0.25, 0.3) is 0 Å². The molecule has 2 rings (SSSR count). The summed E-state index contributed by atoms with van der Waals surface area (Å²) in [5.74, 6) is 0.616. The predicted octanol–water partition coefficient (Wildman–Crippen LogP) is 3.57. The Hall–Kier alpha value is -1.68. The van der Waals surface area contributed by atoms with Gasteiger partial charge in [-0.05, 0) is 23.7 Å². The van der Waals surface area contributed by atoms with Crippen molar-refractivity contribution in [3.8, 4) is 17.3 Å². The van der Waals surface area contributed by atoms with Crippen LogP contribution in [-0.2, 0) is 6.04 Å². The highest BCUT2D eigenvalue weighted by Crippen LogP contribution is 2.19. The van der Waals surface area contributed by atoms with Crippen LogP contribution in [0.4, 0.5) is 0 Å². The second kappa shape index (κ2) is 5.53. The number of nitrogens with zero attached hydrogens (tertiary/aromatic N) is 2. The van der Waals surface area contributed by atoms with Gasteiger partial charge in [-0.2, -0.15) is 0 Å². The lowest BCUT2D eigenvalue weighted by Crippen LogP contribution is -2.23. The molecule has 4 heteroatoms. The van der Waals surface area contributed by atoms with Gasteiger partial charge in [0.1, 0.15) is 0 Å². The molecule has 2 aromatic heterocycles. The molecular weight excluding hydrogens is 252 g/mol. The van der Waals surface area contributed by atoms with Crippen LogP contribution >= 0.6 is 0 Å². The van der Waals surface area contributed by atoms with Gasteiger partial charge in [-0.3, -0.25) is 4.98 Å². The molecule has 0 radical (unpaired) electrons. The van der Waals surface area contributed by atoms with Crippen LogP contribution < -0.4 is 4.74 Å². The number of pyridine rings is 2. The molecule has 0 aliphatic heterocycles. The number of aromatic nitrogens is 2. The Morgan fingerprint density at radius 2 is 1.84 bits per heavy atom. The molecule has 3 nitrogen and oxygen atoms in total. The van der Waals surface area contributed by atoms with Crippen LogP contribution in [0.15, 0.2) is 36.5 Å². The highest BCUT2D eigenvalue weighted by atomic mass is 28.3. The van der Waals surface area contributed by atoms with E-state index in [2.05, 4.69) is 35.7 Å². The third kappa shape index (κ3) is 3.89.